The topological polar surface area (TPSA) is 65.7 Å². The first-order valence-corrected chi connectivity index (χ1v) is 7.40. The molecule has 5 heteroatoms. The van der Waals surface area contributed by atoms with Crippen LogP contribution in [-0.2, 0) is 6.54 Å². The minimum absolute atomic E-state index is 0.0608. The fourth-order valence-corrected chi connectivity index (χ4v) is 3.70. The lowest BCUT2D eigenvalue weighted by Crippen LogP contribution is -2.54. The van der Waals surface area contributed by atoms with E-state index >= 15 is 0 Å². The van der Waals surface area contributed by atoms with Crippen LogP contribution in [0, 0.1) is 0 Å². The molecule has 3 rings (SSSR count). The molecule has 2 N–H and O–H groups in total. The van der Waals surface area contributed by atoms with E-state index in [-0.39, 0.29) is 5.76 Å². The summed E-state index contributed by atoms with van der Waals surface area (Å²) in [5.41, 5.74) is 0.738. The third kappa shape index (κ3) is 2.60. The van der Waals surface area contributed by atoms with Crippen molar-refractivity contribution >= 4 is 5.97 Å². The summed E-state index contributed by atoms with van der Waals surface area (Å²) in [6.07, 6.45) is 7.69. The van der Waals surface area contributed by atoms with E-state index in [9.17, 15) is 4.79 Å². The molecule has 2 unspecified atom stereocenters. The van der Waals surface area contributed by atoms with Gasteiger partial charge in [0.2, 0.25) is 5.76 Å². The summed E-state index contributed by atoms with van der Waals surface area (Å²) in [5, 5.41) is 12.5. The van der Waals surface area contributed by atoms with Crippen LogP contribution in [0.25, 0.3) is 0 Å². The Morgan fingerprint density at radius 1 is 1.45 bits per heavy atom. The van der Waals surface area contributed by atoms with E-state index in [1.807, 2.05) is 0 Å². The summed E-state index contributed by atoms with van der Waals surface area (Å²) in [7, 11) is 2.24. The van der Waals surface area contributed by atoms with E-state index < -0.39 is 5.97 Å². The maximum atomic E-state index is 11.0. The zero-order valence-corrected chi connectivity index (χ0v) is 11.8. The number of fused-ring (bicyclic) bond motifs is 2. The fourth-order valence-electron chi connectivity index (χ4n) is 3.70. The maximum absolute atomic E-state index is 11.0. The van der Waals surface area contributed by atoms with E-state index in [1.54, 1.807) is 6.07 Å². The van der Waals surface area contributed by atoms with Crippen LogP contribution >= 0.6 is 0 Å². The van der Waals surface area contributed by atoms with Crippen LogP contribution in [0.1, 0.15) is 48.2 Å². The van der Waals surface area contributed by atoms with Crippen molar-refractivity contribution < 1.29 is 14.3 Å². The van der Waals surface area contributed by atoms with Gasteiger partial charge < -0.3 is 19.7 Å². The number of nitrogens with one attached hydrogen (secondary N) is 1. The van der Waals surface area contributed by atoms with Crippen LogP contribution in [0.15, 0.2) is 16.7 Å². The quantitative estimate of drug-likeness (QED) is 0.882. The largest absolute Gasteiger partial charge is 0.475 e. The lowest BCUT2D eigenvalue weighted by Gasteiger charge is -2.47. The molecule has 2 aliphatic heterocycles. The number of furan rings is 1. The van der Waals surface area contributed by atoms with E-state index in [4.69, 9.17) is 9.52 Å². The third-order valence-corrected chi connectivity index (χ3v) is 4.86. The second-order valence-corrected chi connectivity index (χ2v) is 6.03. The van der Waals surface area contributed by atoms with Crippen molar-refractivity contribution in [1.29, 1.82) is 0 Å². The van der Waals surface area contributed by atoms with Crippen molar-refractivity contribution in [3.8, 4) is 0 Å². The molecule has 2 aliphatic rings. The molecule has 0 spiro atoms. The normalized spacial score (nSPS) is 30.4. The number of hydrogen-bond acceptors (Lipinski definition) is 4. The fraction of sp³-hybridized carbons (Fsp3) is 0.667. The van der Waals surface area contributed by atoms with Gasteiger partial charge in [-0.05, 0) is 38.8 Å². The highest BCUT2D eigenvalue weighted by atomic mass is 16.4. The van der Waals surface area contributed by atoms with Crippen LogP contribution in [0.5, 0.6) is 0 Å². The van der Waals surface area contributed by atoms with Crippen LogP contribution in [0.4, 0.5) is 0 Å². The molecule has 0 radical (unpaired) electrons. The van der Waals surface area contributed by atoms with Gasteiger partial charge in [-0.3, -0.25) is 0 Å². The minimum atomic E-state index is -0.993. The minimum Gasteiger partial charge on any atom is -0.475 e. The van der Waals surface area contributed by atoms with E-state index in [1.165, 1.54) is 25.5 Å². The van der Waals surface area contributed by atoms with Crippen molar-refractivity contribution in [3.05, 3.63) is 23.7 Å². The second kappa shape index (κ2) is 5.58. The Morgan fingerprint density at radius 2 is 2.15 bits per heavy atom. The Morgan fingerprint density at radius 3 is 2.80 bits per heavy atom. The van der Waals surface area contributed by atoms with Gasteiger partial charge in [-0.25, -0.2) is 4.79 Å². The number of nitrogens with zero attached hydrogens (tertiary/aromatic N) is 1. The molecular formula is C15H22N2O3. The highest BCUT2D eigenvalue weighted by molar-refractivity contribution is 5.86. The van der Waals surface area contributed by atoms with E-state index in [0.29, 0.717) is 24.7 Å². The van der Waals surface area contributed by atoms with Gasteiger partial charge in [-0.2, -0.15) is 0 Å². The van der Waals surface area contributed by atoms with Gasteiger partial charge >= 0.3 is 5.97 Å². The molecule has 2 bridgehead atoms. The van der Waals surface area contributed by atoms with Gasteiger partial charge in [-0.15, -0.1) is 0 Å². The average Bonchev–Trinajstić information content (AvgIpc) is 2.85. The van der Waals surface area contributed by atoms with E-state index in [0.717, 1.165) is 18.4 Å². The maximum Gasteiger partial charge on any atom is 0.372 e. The molecular weight excluding hydrogens is 256 g/mol. The van der Waals surface area contributed by atoms with Gasteiger partial charge in [0.05, 0.1) is 6.26 Å². The number of hydrogen-bond donors (Lipinski definition) is 2. The first kappa shape index (κ1) is 13.6. The first-order chi connectivity index (χ1) is 9.65. The Bertz CT molecular complexity index is 471. The highest BCUT2D eigenvalue weighted by Gasteiger charge is 2.35. The number of rotatable bonds is 4. The zero-order chi connectivity index (χ0) is 14.1. The van der Waals surface area contributed by atoms with Gasteiger partial charge in [-0.1, -0.05) is 6.42 Å². The summed E-state index contributed by atoms with van der Waals surface area (Å²) in [6.45, 7) is 0.575. The zero-order valence-electron chi connectivity index (χ0n) is 11.8. The highest BCUT2D eigenvalue weighted by Crippen LogP contribution is 2.32. The summed E-state index contributed by atoms with van der Waals surface area (Å²) < 4.78 is 5.01. The molecule has 1 aromatic rings. The SMILES string of the molecule is CN1C2CCCC1CC(NCc1ccoc1C(=O)O)C2. The third-order valence-electron chi connectivity index (χ3n) is 4.86. The van der Waals surface area contributed by atoms with Crippen molar-refractivity contribution in [2.45, 2.75) is 56.8 Å². The smallest absolute Gasteiger partial charge is 0.372 e. The molecule has 0 aromatic carbocycles. The van der Waals surface area contributed by atoms with Gasteiger partial charge in [0.1, 0.15) is 0 Å². The van der Waals surface area contributed by atoms with Crippen LogP contribution in [0.2, 0.25) is 0 Å². The van der Waals surface area contributed by atoms with Crippen molar-refractivity contribution in [1.82, 2.24) is 10.2 Å². The predicted octanol–water partition coefficient (Wildman–Crippen LogP) is 2.08. The molecule has 2 saturated heterocycles. The van der Waals surface area contributed by atoms with E-state index in [2.05, 4.69) is 17.3 Å². The number of carbonyl (C=O) groups is 1. The molecule has 0 amide bonds. The molecule has 2 fully saturated rings. The van der Waals surface area contributed by atoms with Crippen molar-refractivity contribution in [2.24, 2.45) is 0 Å². The molecule has 110 valence electrons. The molecule has 0 aliphatic carbocycles. The number of piperidine rings is 2. The molecule has 20 heavy (non-hydrogen) atoms. The summed E-state index contributed by atoms with van der Waals surface area (Å²) in [6, 6.07) is 3.59. The van der Waals surface area contributed by atoms with Gasteiger partial charge in [0.25, 0.3) is 0 Å². The van der Waals surface area contributed by atoms with Crippen molar-refractivity contribution in [2.75, 3.05) is 7.05 Å². The lowest BCUT2D eigenvalue weighted by molar-refractivity contribution is 0.0481. The van der Waals surface area contributed by atoms with Crippen LogP contribution in [0.3, 0.4) is 0 Å². The molecule has 3 heterocycles. The molecule has 1 aromatic heterocycles. The predicted molar refractivity (Wildman–Crippen MR) is 74.7 cm³/mol. The second-order valence-electron chi connectivity index (χ2n) is 6.03. The van der Waals surface area contributed by atoms with Crippen LogP contribution < -0.4 is 5.32 Å². The Labute approximate surface area is 118 Å². The molecule has 5 nitrogen and oxygen atoms in total. The van der Waals surface area contributed by atoms with Gasteiger partial charge in [0, 0.05) is 30.2 Å². The van der Waals surface area contributed by atoms with Crippen molar-refractivity contribution in [3.63, 3.8) is 0 Å². The van der Waals surface area contributed by atoms with Gasteiger partial charge in [0.15, 0.2) is 0 Å². The summed E-state index contributed by atoms with van der Waals surface area (Å²) in [4.78, 5) is 13.5. The molecule has 2 atom stereocenters. The summed E-state index contributed by atoms with van der Waals surface area (Å²) in [5.74, 6) is -0.933. The molecule has 0 saturated carbocycles. The lowest BCUT2D eigenvalue weighted by atomic mass is 9.82. The monoisotopic (exact) mass is 278 g/mol. The Kier molecular flexibility index (Phi) is 3.81. The Balaban J connectivity index is 1.59. The number of carboxylic acids is 1. The Hall–Kier alpha value is -1.33. The standard InChI is InChI=1S/C15H22N2O3/c1-17-12-3-2-4-13(17)8-11(7-12)16-9-10-5-6-20-14(10)15(18)19/h5-6,11-13,16H,2-4,7-9H2,1H3,(H,18,19). The average molecular weight is 278 g/mol. The number of carboxylic acid groups (broad SMARTS) is 1. The summed E-state index contributed by atoms with van der Waals surface area (Å²) >= 11 is 0. The first-order valence-electron chi connectivity index (χ1n) is 7.40. The number of aromatic carboxylic acids is 1. The van der Waals surface area contributed by atoms with Crippen LogP contribution in [-0.4, -0.2) is 41.1 Å².